The summed E-state index contributed by atoms with van der Waals surface area (Å²) in [7, 11) is 0. The van der Waals surface area contributed by atoms with Crippen LogP contribution in [0, 0.1) is 11.8 Å². The molecule has 0 bridgehead atoms. The van der Waals surface area contributed by atoms with Crippen molar-refractivity contribution in [1.29, 1.82) is 0 Å². The van der Waals surface area contributed by atoms with Crippen LogP contribution in [0.3, 0.4) is 0 Å². The maximum Gasteiger partial charge on any atom is 0.323 e. The molecule has 6 unspecified atom stereocenters. The van der Waals surface area contributed by atoms with Gasteiger partial charge in [0.1, 0.15) is 6.23 Å². The van der Waals surface area contributed by atoms with E-state index < -0.39 is 12.3 Å². The van der Waals surface area contributed by atoms with Crippen molar-refractivity contribution in [2.45, 2.75) is 75.7 Å². The fourth-order valence-electron chi connectivity index (χ4n) is 3.99. The number of alkyl halides is 1. The van der Waals surface area contributed by atoms with E-state index in [-0.39, 0.29) is 35.3 Å². The van der Waals surface area contributed by atoms with E-state index >= 15 is 0 Å². The summed E-state index contributed by atoms with van der Waals surface area (Å²) >= 11 is 6.53. The van der Waals surface area contributed by atoms with Crippen molar-refractivity contribution < 1.29 is 19.1 Å². The number of unbranched alkanes of at least 4 members (excludes halogenated alkanes) is 3. The minimum atomic E-state index is -0.524. The number of urea groups is 1. The lowest BCUT2D eigenvalue weighted by Crippen LogP contribution is -2.64. The molecule has 3 amide bonds. The lowest BCUT2D eigenvalue weighted by Gasteiger charge is -2.47. The average Bonchev–Trinajstić information content (AvgIpc) is 2.54. The van der Waals surface area contributed by atoms with Gasteiger partial charge in [0.25, 0.3) is 0 Å². The Kier molecular flexibility index (Phi) is 6.00. The molecule has 2 saturated heterocycles. The van der Waals surface area contributed by atoms with Gasteiger partial charge < -0.3 is 14.8 Å². The van der Waals surface area contributed by atoms with Gasteiger partial charge in [-0.3, -0.25) is 10.1 Å². The number of carbonyl (C=O) groups is 2. The van der Waals surface area contributed by atoms with Crippen molar-refractivity contribution in [3.63, 3.8) is 0 Å². The van der Waals surface area contributed by atoms with Gasteiger partial charge >= 0.3 is 6.03 Å². The molecule has 7 heteroatoms. The quantitative estimate of drug-likeness (QED) is 0.565. The molecule has 0 aromatic rings. The molecule has 2 heterocycles. The first-order chi connectivity index (χ1) is 11.6. The maximum atomic E-state index is 12.0. The Morgan fingerprint density at radius 3 is 2.83 bits per heavy atom. The van der Waals surface area contributed by atoms with Crippen LogP contribution >= 0.6 is 11.6 Å². The van der Waals surface area contributed by atoms with Crippen LogP contribution in [-0.4, -0.2) is 42.4 Å². The second-order valence-electron chi connectivity index (χ2n) is 7.12. The highest BCUT2D eigenvalue weighted by molar-refractivity contribution is 6.21. The molecule has 2 N–H and O–H groups in total. The molecule has 0 radical (unpaired) electrons. The molecule has 136 valence electrons. The van der Waals surface area contributed by atoms with Gasteiger partial charge in [0, 0.05) is 13.0 Å². The lowest BCUT2D eigenvalue weighted by atomic mass is 9.76. The number of nitrogens with one attached hydrogen (secondary N) is 2. The van der Waals surface area contributed by atoms with Crippen molar-refractivity contribution in [1.82, 2.24) is 10.6 Å². The Morgan fingerprint density at radius 1 is 1.21 bits per heavy atom. The van der Waals surface area contributed by atoms with E-state index in [0.717, 1.165) is 25.9 Å². The standard InChI is InChI=1S/C17H27ClN2O4/c1-2-3-4-5-6-23-14-9-13-10(8-12(14)18)7-11-15(21)19-17(22)20-16(11)24-13/h10-14,16H,2-9H2,1H3,(H2,19,20,21,22). The highest BCUT2D eigenvalue weighted by Gasteiger charge is 2.48. The number of imide groups is 1. The maximum absolute atomic E-state index is 12.0. The second-order valence-corrected chi connectivity index (χ2v) is 7.68. The zero-order valence-electron chi connectivity index (χ0n) is 14.1. The third kappa shape index (κ3) is 4.03. The molecular weight excluding hydrogens is 332 g/mol. The molecule has 0 aromatic heterocycles. The molecule has 6 atom stereocenters. The SMILES string of the molecule is CCCCCCOC1CC2OC3NC(=O)NC(=O)C3CC2CC1Cl. The number of hydrogen-bond acceptors (Lipinski definition) is 4. The molecule has 0 spiro atoms. The van der Waals surface area contributed by atoms with Gasteiger partial charge in [0.15, 0.2) is 0 Å². The summed E-state index contributed by atoms with van der Waals surface area (Å²) in [6.45, 7) is 2.92. The van der Waals surface area contributed by atoms with Crippen molar-refractivity contribution in [3.05, 3.63) is 0 Å². The van der Waals surface area contributed by atoms with Gasteiger partial charge in [-0.1, -0.05) is 26.2 Å². The van der Waals surface area contributed by atoms with Crippen LogP contribution in [0.4, 0.5) is 4.79 Å². The topological polar surface area (TPSA) is 76.7 Å². The molecule has 3 rings (SSSR count). The molecule has 24 heavy (non-hydrogen) atoms. The third-order valence-electron chi connectivity index (χ3n) is 5.34. The summed E-state index contributed by atoms with van der Waals surface area (Å²) in [5, 5.41) is 4.98. The Hall–Kier alpha value is -0.850. The number of fused-ring (bicyclic) bond motifs is 2. The average molecular weight is 359 g/mol. The Morgan fingerprint density at radius 2 is 2.04 bits per heavy atom. The smallest absolute Gasteiger partial charge is 0.323 e. The molecule has 1 aliphatic carbocycles. The van der Waals surface area contributed by atoms with Crippen LogP contribution in [0.5, 0.6) is 0 Å². The minimum absolute atomic E-state index is 0.00640. The normalized spacial score (nSPS) is 38.8. The summed E-state index contributed by atoms with van der Waals surface area (Å²) in [4.78, 5) is 23.4. The van der Waals surface area contributed by atoms with Crippen molar-refractivity contribution >= 4 is 23.5 Å². The predicted octanol–water partition coefficient (Wildman–Crippen LogP) is 2.54. The van der Waals surface area contributed by atoms with Gasteiger partial charge in [-0.15, -0.1) is 11.6 Å². The zero-order valence-corrected chi connectivity index (χ0v) is 14.9. The number of halogens is 1. The molecule has 3 aliphatic rings. The Bertz CT molecular complexity index is 476. The van der Waals surface area contributed by atoms with Gasteiger partial charge in [-0.25, -0.2) is 4.79 Å². The summed E-state index contributed by atoms with van der Waals surface area (Å²) in [6, 6.07) is -0.477. The highest BCUT2D eigenvalue weighted by atomic mass is 35.5. The molecular formula is C17H27ClN2O4. The fourth-order valence-corrected chi connectivity index (χ4v) is 4.40. The van der Waals surface area contributed by atoms with Crippen LogP contribution in [0.2, 0.25) is 0 Å². The lowest BCUT2D eigenvalue weighted by molar-refractivity contribution is -0.171. The summed E-state index contributed by atoms with van der Waals surface area (Å²) in [6.07, 6.45) is 6.36. The van der Waals surface area contributed by atoms with Gasteiger partial charge in [-0.05, 0) is 25.2 Å². The summed E-state index contributed by atoms with van der Waals surface area (Å²) in [5.74, 6) is -0.323. The molecule has 6 nitrogen and oxygen atoms in total. The largest absolute Gasteiger partial charge is 0.377 e. The van der Waals surface area contributed by atoms with Crippen molar-refractivity contribution in [3.8, 4) is 0 Å². The van der Waals surface area contributed by atoms with Crippen LogP contribution in [0.25, 0.3) is 0 Å². The Labute approximate surface area is 148 Å². The predicted molar refractivity (Wildman–Crippen MR) is 89.7 cm³/mol. The number of rotatable bonds is 6. The van der Waals surface area contributed by atoms with Crippen molar-refractivity contribution in [2.75, 3.05) is 6.61 Å². The van der Waals surface area contributed by atoms with Gasteiger partial charge in [0.2, 0.25) is 5.91 Å². The van der Waals surface area contributed by atoms with Gasteiger partial charge in [0.05, 0.1) is 23.5 Å². The van der Waals surface area contributed by atoms with E-state index in [0.29, 0.717) is 6.42 Å². The first-order valence-corrected chi connectivity index (χ1v) is 9.54. The Balaban J connectivity index is 1.53. The summed E-state index contributed by atoms with van der Waals surface area (Å²) in [5.41, 5.74) is 0. The third-order valence-corrected chi connectivity index (χ3v) is 5.80. The second kappa shape index (κ2) is 8.02. The molecule has 2 aliphatic heterocycles. The van der Waals surface area contributed by atoms with Crippen LogP contribution in [0.15, 0.2) is 0 Å². The van der Waals surface area contributed by atoms with Crippen molar-refractivity contribution in [2.24, 2.45) is 11.8 Å². The minimum Gasteiger partial charge on any atom is -0.377 e. The molecule has 1 saturated carbocycles. The van der Waals surface area contributed by atoms with E-state index in [4.69, 9.17) is 21.1 Å². The first kappa shape index (κ1) is 18.0. The first-order valence-electron chi connectivity index (χ1n) is 9.11. The van der Waals surface area contributed by atoms with Crippen LogP contribution in [0.1, 0.15) is 51.9 Å². The summed E-state index contributed by atoms with van der Waals surface area (Å²) < 4.78 is 12.0. The van der Waals surface area contributed by atoms with Gasteiger partial charge in [-0.2, -0.15) is 0 Å². The van der Waals surface area contributed by atoms with E-state index in [1.807, 2.05) is 0 Å². The number of amides is 3. The van der Waals surface area contributed by atoms with E-state index in [1.165, 1.54) is 19.3 Å². The number of hydrogen-bond donors (Lipinski definition) is 2. The van der Waals surface area contributed by atoms with E-state index in [9.17, 15) is 9.59 Å². The molecule has 3 fully saturated rings. The number of carbonyl (C=O) groups excluding carboxylic acids is 2. The van der Waals surface area contributed by atoms with Crippen LogP contribution < -0.4 is 10.6 Å². The number of ether oxygens (including phenoxy) is 2. The fraction of sp³-hybridized carbons (Fsp3) is 0.882. The molecule has 0 aromatic carbocycles. The van der Waals surface area contributed by atoms with E-state index in [1.54, 1.807) is 0 Å². The zero-order chi connectivity index (χ0) is 17.1. The highest BCUT2D eigenvalue weighted by Crippen LogP contribution is 2.41. The monoisotopic (exact) mass is 358 g/mol. The van der Waals surface area contributed by atoms with E-state index in [2.05, 4.69) is 17.6 Å². The van der Waals surface area contributed by atoms with Crippen LogP contribution in [-0.2, 0) is 14.3 Å².